The SMILES string of the molecule is Cn1nc(-c2ccccc2)c2c1CCN(CCn1cccn1)CC2. The van der Waals surface area contributed by atoms with Crippen LogP contribution >= 0.6 is 0 Å². The number of aromatic nitrogens is 4. The molecular formula is C19H23N5. The van der Waals surface area contributed by atoms with Crippen molar-refractivity contribution in [3.05, 3.63) is 60.0 Å². The Morgan fingerprint density at radius 1 is 1.00 bits per heavy atom. The molecule has 5 nitrogen and oxygen atoms in total. The van der Waals surface area contributed by atoms with E-state index in [1.54, 1.807) is 0 Å². The zero-order chi connectivity index (χ0) is 16.4. The first-order valence-corrected chi connectivity index (χ1v) is 8.61. The largest absolute Gasteiger partial charge is 0.301 e. The van der Waals surface area contributed by atoms with Gasteiger partial charge in [0.2, 0.25) is 0 Å². The molecule has 3 heterocycles. The highest BCUT2D eigenvalue weighted by Gasteiger charge is 2.21. The molecular weight excluding hydrogens is 298 g/mol. The molecule has 0 bridgehead atoms. The van der Waals surface area contributed by atoms with Gasteiger partial charge in [0, 0.05) is 62.3 Å². The molecule has 1 aliphatic heterocycles. The van der Waals surface area contributed by atoms with E-state index in [1.807, 2.05) is 23.1 Å². The fourth-order valence-electron chi connectivity index (χ4n) is 3.55. The average molecular weight is 321 g/mol. The van der Waals surface area contributed by atoms with Gasteiger partial charge in [-0.3, -0.25) is 9.36 Å². The minimum atomic E-state index is 0.952. The Morgan fingerprint density at radius 2 is 1.83 bits per heavy atom. The van der Waals surface area contributed by atoms with Gasteiger partial charge in [-0.2, -0.15) is 10.2 Å². The van der Waals surface area contributed by atoms with Crippen LogP contribution in [0.3, 0.4) is 0 Å². The summed E-state index contributed by atoms with van der Waals surface area (Å²) in [7, 11) is 2.07. The Balaban J connectivity index is 1.51. The van der Waals surface area contributed by atoms with Gasteiger partial charge < -0.3 is 4.90 Å². The van der Waals surface area contributed by atoms with E-state index in [2.05, 4.69) is 52.1 Å². The molecule has 0 unspecified atom stereocenters. The Morgan fingerprint density at radius 3 is 2.62 bits per heavy atom. The smallest absolute Gasteiger partial charge is 0.0958 e. The third kappa shape index (κ3) is 2.99. The van der Waals surface area contributed by atoms with Crippen molar-refractivity contribution in [3.8, 4) is 11.3 Å². The molecule has 0 fully saturated rings. The van der Waals surface area contributed by atoms with E-state index in [1.165, 1.54) is 16.8 Å². The van der Waals surface area contributed by atoms with Crippen molar-refractivity contribution in [3.63, 3.8) is 0 Å². The first-order valence-electron chi connectivity index (χ1n) is 8.61. The van der Waals surface area contributed by atoms with Crippen LogP contribution in [0.1, 0.15) is 11.3 Å². The summed E-state index contributed by atoms with van der Waals surface area (Å²) in [5.41, 5.74) is 5.18. The Labute approximate surface area is 142 Å². The minimum Gasteiger partial charge on any atom is -0.301 e. The second kappa shape index (κ2) is 6.61. The molecule has 124 valence electrons. The predicted octanol–water partition coefficient (Wildman–Crippen LogP) is 2.38. The van der Waals surface area contributed by atoms with Crippen molar-refractivity contribution >= 4 is 0 Å². The molecule has 1 aliphatic rings. The van der Waals surface area contributed by atoms with Crippen LogP contribution in [0.5, 0.6) is 0 Å². The summed E-state index contributed by atoms with van der Waals surface area (Å²) in [6.45, 7) is 4.17. The second-order valence-corrected chi connectivity index (χ2v) is 6.37. The number of benzene rings is 1. The number of hydrogen-bond acceptors (Lipinski definition) is 3. The lowest BCUT2D eigenvalue weighted by molar-refractivity contribution is 0.269. The maximum absolute atomic E-state index is 4.80. The minimum absolute atomic E-state index is 0.952. The Bertz CT molecular complexity index is 789. The summed E-state index contributed by atoms with van der Waals surface area (Å²) in [6.07, 6.45) is 6.00. The molecule has 0 amide bonds. The molecule has 0 N–H and O–H groups in total. The van der Waals surface area contributed by atoms with E-state index in [9.17, 15) is 0 Å². The van der Waals surface area contributed by atoms with Gasteiger partial charge >= 0.3 is 0 Å². The van der Waals surface area contributed by atoms with E-state index >= 15 is 0 Å². The van der Waals surface area contributed by atoms with Gasteiger partial charge in [-0.05, 0) is 12.5 Å². The number of rotatable bonds is 4. The van der Waals surface area contributed by atoms with Crippen molar-refractivity contribution < 1.29 is 0 Å². The molecule has 0 spiro atoms. The van der Waals surface area contributed by atoms with E-state index in [0.29, 0.717) is 0 Å². The van der Waals surface area contributed by atoms with Gasteiger partial charge in [-0.1, -0.05) is 30.3 Å². The van der Waals surface area contributed by atoms with Crippen LogP contribution in [0, 0.1) is 0 Å². The number of hydrogen-bond donors (Lipinski definition) is 0. The van der Waals surface area contributed by atoms with Gasteiger partial charge in [-0.15, -0.1) is 0 Å². The molecule has 0 saturated heterocycles. The van der Waals surface area contributed by atoms with Gasteiger partial charge in [0.25, 0.3) is 0 Å². The maximum atomic E-state index is 4.80. The lowest BCUT2D eigenvalue weighted by Crippen LogP contribution is -2.30. The van der Waals surface area contributed by atoms with Gasteiger partial charge in [0.1, 0.15) is 0 Å². The second-order valence-electron chi connectivity index (χ2n) is 6.37. The summed E-state index contributed by atoms with van der Waals surface area (Å²) < 4.78 is 4.09. The highest BCUT2D eigenvalue weighted by molar-refractivity contribution is 5.64. The molecule has 0 atom stereocenters. The van der Waals surface area contributed by atoms with Crippen LogP contribution in [-0.4, -0.2) is 44.1 Å². The van der Waals surface area contributed by atoms with Crippen molar-refractivity contribution in [2.45, 2.75) is 19.4 Å². The van der Waals surface area contributed by atoms with Gasteiger partial charge in [0.15, 0.2) is 0 Å². The van der Waals surface area contributed by atoms with E-state index in [0.717, 1.165) is 44.7 Å². The van der Waals surface area contributed by atoms with Crippen molar-refractivity contribution in [2.75, 3.05) is 19.6 Å². The van der Waals surface area contributed by atoms with Crippen molar-refractivity contribution in [1.29, 1.82) is 0 Å². The normalized spacial score (nSPS) is 15.2. The molecule has 0 radical (unpaired) electrons. The van der Waals surface area contributed by atoms with Crippen LogP contribution < -0.4 is 0 Å². The third-order valence-electron chi connectivity index (χ3n) is 4.87. The molecule has 0 saturated carbocycles. The summed E-state index contributed by atoms with van der Waals surface area (Å²) in [5.74, 6) is 0. The van der Waals surface area contributed by atoms with Gasteiger partial charge in [-0.25, -0.2) is 0 Å². The predicted molar refractivity (Wildman–Crippen MR) is 94.7 cm³/mol. The Kier molecular flexibility index (Phi) is 4.17. The molecule has 3 aromatic rings. The van der Waals surface area contributed by atoms with E-state index in [-0.39, 0.29) is 0 Å². The van der Waals surface area contributed by atoms with Gasteiger partial charge in [0.05, 0.1) is 12.2 Å². The topological polar surface area (TPSA) is 38.9 Å². The zero-order valence-electron chi connectivity index (χ0n) is 14.1. The van der Waals surface area contributed by atoms with E-state index < -0.39 is 0 Å². The summed E-state index contributed by atoms with van der Waals surface area (Å²) >= 11 is 0. The average Bonchev–Trinajstić information content (AvgIpc) is 3.18. The first-order chi connectivity index (χ1) is 11.8. The first kappa shape index (κ1) is 15.1. The number of nitrogens with zero attached hydrogens (tertiary/aromatic N) is 5. The highest BCUT2D eigenvalue weighted by atomic mass is 15.3. The zero-order valence-corrected chi connectivity index (χ0v) is 14.1. The molecule has 1 aromatic carbocycles. The molecule has 2 aromatic heterocycles. The van der Waals surface area contributed by atoms with E-state index in [4.69, 9.17) is 5.10 Å². The van der Waals surface area contributed by atoms with Crippen LogP contribution in [0.25, 0.3) is 11.3 Å². The summed E-state index contributed by atoms with van der Waals surface area (Å²) in [4.78, 5) is 2.54. The lowest BCUT2D eigenvalue weighted by Gasteiger charge is -2.19. The quantitative estimate of drug-likeness (QED) is 0.740. The lowest BCUT2D eigenvalue weighted by atomic mass is 10.0. The molecule has 24 heavy (non-hydrogen) atoms. The maximum Gasteiger partial charge on any atom is 0.0958 e. The summed E-state index contributed by atoms with van der Waals surface area (Å²) in [5, 5.41) is 9.10. The number of fused-ring (bicyclic) bond motifs is 1. The van der Waals surface area contributed by atoms with Crippen LogP contribution in [-0.2, 0) is 26.4 Å². The monoisotopic (exact) mass is 321 g/mol. The third-order valence-corrected chi connectivity index (χ3v) is 4.87. The van der Waals surface area contributed by atoms with Crippen LogP contribution in [0.2, 0.25) is 0 Å². The fourth-order valence-corrected chi connectivity index (χ4v) is 3.55. The molecule has 4 rings (SSSR count). The molecule has 0 aliphatic carbocycles. The van der Waals surface area contributed by atoms with Crippen molar-refractivity contribution in [1.82, 2.24) is 24.5 Å². The Hall–Kier alpha value is -2.40. The highest BCUT2D eigenvalue weighted by Crippen LogP contribution is 2.27. The van der Waals surface area contributed by atoms with Crippen molar-refractivity contribution in [2.24, 2.45) is 7.05 Å². The van der Waals surface area contributed by atoms with Crippen LogP contribution in [0.15, 0.2) is 48.8 Å². The molecule has 5 heteroatoms. The summed E-state index contributed by atoms with van der Waals surface area (Å²) in [6, 6.07) is 12.5. The fraction of sp³-hybridized carbons (Fsp3) is 0.368. The van der Waals surface area contributed by atoms with Crippen LogP contribution in [0.4, 0.5) is 0 Å². The number of aryl methyl sites for hydroxylation is 1. The standard InChI is InChI=1S/C19H23N5/c1-22-18-9-13-23(14-15-24-11-5-10-20-24)12-8-17(18)19(21-22)16-6-3-2-4-7-16/h2-7,10-11H,8-9,12-15H2,1H3.